The Kier molecular flexibility index (Phi) is 5.72. The topological polar surface area (TPSA) is 81.4 Å². The zero-order chi connectivity index (χ0) is 18.5. The molecule has 3 rings (SSSR count). The van der Waals surface area contributed by atoms with Crippen molar-refractivity contribution in [1.29, 1.82) is 0 Å². The molecule has 1 aliphatic rings. The lowest BCUT2D eigenvalue weighted by atomic mass is 9.97. The molecule has 1 N–H and O–H groups in total. The van der Waals surface area contributed by atoms with Gasteiger partial charge in [0.2, 0.25) is 0 Å². The number of benzene rings is 1. The van der Waals surface area contributed by atoms with Crippen molar-refractivity contribution in [3.8, 4) is 5.69 Å². The molecule has 0 bridgehead atoms. The lowest BCUT2D eigenvalue weighted by Crippen LogP contribution is -2.46. The second kappa shape index (κ2) is 8.18. The molecular weight excluding hydrogens is 334 g/mol. The average molecular weight is 359 g/mol. The number of methoxy groups -OCH3 is 1. The molecule has 26 heavy (non-hydrogen) atoms. The van der Waals surface area contributed by atoms with Crippen LogP contribution < -0.4 is 11.0 Å². The molecule has 2 amide bonds. The first kappa shape index (κ1) is 18.2. The van der Waals surface area contributed by atoms with Gasteiger partial charge in [-0.1, -0.05) is 18.2 Å². The highest BCUT2D eigenvalue weighted by molar-refractivity contribution is 5.74. The Morgan fingerprint density at radius 1 is 1.35 bits per heavy atom. The van der Waals surface area contributed by atoms with Crippen LogP contribution in [0.5, 0.6) is 0 Å². The van der Waals surface area contributed by atoms with Gasteiger partial charge in [-0.15, -0.1) is 0 Å². The molecular formula is C18H25N5O3. The van der Waals surface area contributed by atoms with E-state index in [4.69, 9.17) is 4.74 Å². The van der Waals surface area contributed by atoms with Gasteiger partial charge in [-0.2, -0.15) is 5.10 Å². The summed E-state index contributed by atoms with van der Waals surface area (Å²) in [7, 11) is 3.26. The molecule has 1 saturated heterocycles. The van der Waals surface area contributed by atoms with E-state index in [0.29, 0.717) is 32.1 Å². The quantitative estimate of drug-likeness (QED) is 0.811. The van der Waals surface area contributed by atoms with Gasteiger partial charge >= 0.3 is 11.7 Å². The number of aryl methyl sites for hydroxylation is 1. The Morgan fingerprint density at radius 2 is 2.12 bits per heavy atom. The summed E-state index contributed by atoms with van der Waals surface area (Å²) in [6.07, 6.45) is 1.77. The normalized spacial score (nSPS) is 17.3. The maximum absolute atomic E-state index is 12.6. The predicted octanol–water partition coefficient (Wildman–Crippen LogP) is 1.11. The fourth-order valence-corrected chi connectivity index (χ4v) is 3.31. The van der Waals surface area contributed by atoms with Crippen LogP contribution in [0.2, 0.25) is 0 Å². The minimum absolute atomic E-state index is 0.0195. The summed E-state index contributed by atoms with van der Waals surface area (Å²) in [6.45, 7) is 2.21. The number of aromatic nitrogens is 3. The highest BCUT2D eigenvalue weighted by Gasteiger charge is 2.29. The van der Waals surface area contributed by atoms with Crippen molar-refractivity contribution in [3.05, 3.63) is 46.6 Å². The Labute approximate surface area is 152 Å². The van der Waals surface area contributed by atoms with Gasteiger partial charge in [-0.3, -0.25) is 0 Å². The van der Waals surface area contributed by atoms with Crippen LogP contribution in [0.3, 0.4) is 0 Å². The van der Waals surface area contributed by atoms with Crippen LogP contribution >= 0.6 is 0 Å². The smallest absolute Gasteiger partial charge is 0.350 e. The first-order valence-corrected chi connectivity index (χ1v) is 8.85. The van der Waals surface area contributed by atoms with Crippen molar-refractivity contribution in [3.63, 3.8) is 0 Å². The van der Waals surface area contributed by atoms with Crippen molar-refractivity contribution in [2.45, 2.75) is 18.8 Å². The summed E-state index contributed by atoms with van der Waals surface area (Å²) in [5, 5.41) is 7.32. The largest absolute Gasteiger partial charge is 0.383 e. The van der Waals surface area contributed by atoms with Crippen LogP contribution in [0.25, 0.3) is 5.69 Å². The third-order valence-corrected chi connectivity index (χ3v) is 4.62. The molecule has 1 aromatic carbocycles. The first-order valence-electron chi connectivity index (χ1n) is 8.85. The Morgan fingerprint density at radius 3 is 2.85 bits per heavy atom. The third kappa shape index (κ3) is 3.80. The Balaban J connectivity index is 1.82. The van der Waals surface area contributed by atoms with Crippen LogP contribution in [0, 0.1) is 0 Å². The minimum atomic E-state index is -0.173. The van der Waals surface area contributed by atoms with Gasteiger partial charge in [-0.05, 0) is 25.0 Å². The van der Waals surface area contributed by atoms with Crippen LogP contribution in [0.1, 0.15) is 24.6 Å². The number of nitrogens with one attached hydrogen (secondary N) is 1. The number of urea groups is 1. The molecule has 2 heterocycles. The van der Waals surface area contributed by atoms with Gasteiger partial charge in [0.05, 0.1) is 12.3 Å². The molecule has 8 heteroatoms. The summed E-state index contributed by atoms with van der Waals surface area (Å²) in [5.74, 6) is 0.726. The lowest BCUT2D eigenvalue weighted by molar-refractivity contribution is 0.167. The molecule has 0 aliphatic carbocycles. The summed E-state index contributed by atoms with van der Waals surface area (Å²) in [4.78, 5) is 26.7. The van der Waals surface area contributed by atoms with E-state index < -0.39 is 0 Å². The zero-order valence-corrected chi connectivity index (χ0v) is 15.2. The van der Waals surface area contributed by atoms with Crippen LogP contribution in [0.4, 0.5) is 4.79 Å². The van der Waals surface area contributed by atoms with E-state index in [9.17, 15) is 9.59 Å². The van der Waals surface area contributed by atoms with Crippen molar-refractivity contribution >= 4 is 6.03 Å². The number of hydrogen-bond acceptors (Lipinski definition) is 4. The molecule has 140 valence electrons. The number of piperidine rings is 1. The molecule has 1 fully saturated rings. The number of likely N-dealkylation sites (tertiary alicyclic amines) is 1. The van der Waals surface area contributed by atoms with Crippen molar-refractivity contribution < 1.29 is 9.53 Å². The molecule has 1 aliphatic heterocycles. The second-order valence-electron chi connectivity index (χ2n) is 6.45. The summed E-state index contributed by atoms with van der Waals surface area (Å²) < 4.78 is 7.98. The maximum atomic E-state index is 12.6. The fraction of sp³-hybridized carbons (Fsp3) is 0.500. The van der Waals surface area contributed by atoms with Gasteiger partial charge in [0.25, 0.3) is 0 Å². The van der Waals surface area contributed by atoms with Gasteiger partial charge in [-0.25, -0.2) is 18.8 Å². The number of nitrogens with zero attached hydrogens (tertiary/aromatic N) is 4. The molecule has 0 saturated carbocycles. The monoisotopic (exact) mass is 359 g/mol. The van der Waals surface area contributed by atoms with Crippen molar-refractivity contribution in [2.75, 3.05) is 33.4 Å². The summed E-state index contributed by atoms with van der Waals surface area (Å²) >= 11 is 0. The number of amides is 2. The third-order valence-electron chi connectivity index (χ3n) is 4.62. The van der Waals surface area contributed by atoms with E-state index in [1.807, 2.05) is 30.3 Å². The number of ether oxygens (including phenoxy) is 1. The Bertz CT molecular complexity index is 799. The van der Waals surface area contributed by atoms with E-state index in [0.717, 1.165) is 18.5 Å². The van der Waals surface area contributed by atoms with Gasteiger partial charge in [0, 0.05) is 39.7 Å². The maximum Gasteiger partial charge on any atom is 0.350 e. The van der Waals surface area contributed by atoms with E-state index in [1.54, 1.807) is 23.6 Å². The van der Waals surface area contributed by atoms with Crippen molar-refractivity contribution in [2.24, 2.45) is 7.05 Å². The van der Waals surface area contributed by atoms with E-state index >= 15 is 0 Å². The van der Waals surface area contributed by atoms with E-state index in [1.165, 1.54) is 4.68 Å². The summed E-state index contributed by atoms with van der Waals surface area (Å²) in [6, 6.07) is 9.40. The van der Waals surface area contributed by atoms with Gasteiger partial charge in [0.1, 0.15) is 5.82 Å². The molecule has 8 nitrogen and oxygen atoms in total. The van der Waals surface area contributed by atoms with Crippen LogP contribution in [0.15, 0.2) is 35.1 Å². The lowest BCUT2D eigenvalue weighted by Gasteiger charge is -2.32. The average Bonchev–Trinajstić information content (AvgIpc) is 2.97. The van der Waals surface area contributed by atoms with Crippen molar-refractivity contribution in [1.82, 2.24) is 24.6 Å². The molecule has 1 unspecified atom stereocenters. The number of para-hydroxylation sites is 1. The van der Waals surface area contributed by atoms with E-state index in [-0.39, 0.29) is 17.6 Å². The van der Waals surface area contributed by atoms with E-state index in [2.05, 4.69) is 10.4 Å². The second-order valence-corrected chi connectivity index (χ2v) is 6.45. The molecule has 0 radical (unpaired) electrons. The summed E-state index contributed by atoms with van der Waals surface area (Å²) in [5.41, 5.74) is 0.620. The SMILES string of the molecule is COCCNC(=O)N1CCCC(c2nn(C)c(=O)n2-c2ccccc2)C1. The molecule has 2 aromatic rings. The van der Waals surface area contributed by atoms with Gasteiger partial charge < -0.3 is 15.0 Å². The number of hydrogen-bond donors (Lipinski definition) is 1. The fourth-order valence-electron chi connectivity index (χ4n) is 3.31. The first-order chi connectivity index (χ1) is 12.6. The highest BCUT2D eigenvalue weighted by Crippen LogP contribution is 2.26. The number of carbonyl (C=O) groups is 1. The predicted molar refractivity (Wildman–Crippen MR) is 97.6 cm³/mol. The standard InChI is InChI=1S/C18H25N5O3/c1-21-18(25)23(15-8-4-3-5-9-15)16(20-21)14-7-6-11-22(13-14)17(24)19-10-12-26-2/h3-5,8-9,14H,6-7,10-13H2,1-2H3,(H,19,24). The number of carbonyl (C=O) groups excluding carboxylic acids is 1. The molecule has 1 atom stereocenters. The Hall–Kier alpha value is -2.61. The van der Waals surface area contributed by atoms with Crippen LogP contribution in [-0.2, 0) is 11.8 Å². The molecule has 1 aromatic heterocycles. The zero-order valence-electron chi connectivity index (χ0n) is 15.2. The van der Waals surface area contributed by atoms with Crippen LogP contribution in [-0.4, -0.2) is 58.6 Å². The molecule has 0 spiro atoms. The minimum Gasteiger partial charge on any atom is -0.383 e. The van der Waals surface area contributed by atoms with Gasteiger partial charge in [0.15, 0.2) is 0 Å². The highest BCUT2D eigenvalue weighted by atomic mass is 16.5. The number of rotatable bonds is 5.